The summed E-state index contributed by atoms with van der Waals surface area (Å²) in [5, 5.41) is 9.16. The summed E-state index contributed by atoms with van der Waals surface area (Å²) in [6.45, 7) is 4.19. The standard InChI is InChI=1S/C29H26N4O/c1-3-21(2)34-27-17-13-24(14-18-27)29-32-31-28(23-8-5-4-6-9-23)33(29)26-15-11-22(12-16-26)25-10-7-19-30-20-25/h4-21H,3H2,1-2H3. The highest BCUT2D eigenvalue weighted by Gasteiger charge is 2.17. The van der Waals surface area contributed by atoms with Crippen molar-refractivity contribution in [2.75, 3.05) is 0 Å². The van der Waals surface area contributed by atoms with Gasteiger partial charge in [0.25, 0.3) is 0 Å². The molecule has 0 aliphatic carbocycles. The number of nitrogens with zero attached hydrogens (tertiary/aromatic N) is 4. The third-order valence-electron chi connectivity index (χ3n) is 5.84. The van der Waals surface area contributed by atoms with Crippen LogP contribution in [0, 0.1) is 0 Å². The minimum absolute atomic E-state index is 0.178. The molecular formula is C29H26N4O. The molecule has 0 aliphatic heterocycles. The van der Waals surface area contributed by atoms with E-state index in [0.29, 0.717) is 0 Å². The normalized spacial score (nSPS) is 11.8. The zero-order valence-corrected chi connectivity index (χ0v) is 19.3. The first kappa shape index (κ1) is 21.6. The average molecular weight is 447 g/mol. The lowest BCUT2D eigenvalue weighted by molar-refractivity contribution is 0.217. The Balaban J connectivity index is 1.57. The van der Waals surface area contributed by atoms with Crippen molar-refractivity contribution in [1.82, 2.24) is 19.7 Å². The van der Waals surface area contributed by atoms with E-state index in [4.69, 9.17) is 4.74 Å². The maximum Gasteiger partial charge on any atom is 0.168 e. The van der Waals surface area contributed by atoms with Crippen LogP contribution in [0.2, 0.25) is 0 Å². The summed E-state index contributed by atoms with van der Waals surface area (Å²) in [5.74, 6) is 2.43. The van der Waals surface area contributed by atoms with Crippen molar-refractivity contribution >= 4 is 0 Å². The van der Waals surface area contributed by atoms with Crippen LogP contribution < -0.4 is 4.74 Å². The van der Waals surface area contributed by atoms with Crippen LogP contribution in [0.4, 0.5) is 0 Å². The Hall–Kier alpha value is -4.25. The number of pyridine rings is 1. The number of ether oxygens (including phenoxy) is 1. The molecule has 5 nitrogen and oxygen atoms in total. The molecule has 168 valence electrons. The molecule has 0 saturated carbocycles. The third-order valence-corrected chi connectivity index (χ3v) is 5.84. The van der Waals surface area contributed by atoms with Gasteiger partial charge in [0.15, 0.2) is 11.6 Å². The summed E-state index contributed by atoms with van der Waals surface area (Å²) < 4.78 is 8.06. The summed E-state index contributed by atoms with van der Waals surface area (Å²) in [6, 6.07) is 30.6. The molecule has 5 aromatic rings. The zero-order valence-electron chi connectivity index (χ0n) is 19.3. The molecular weight excluding hydrogens is 420 g/mol. The number of rotatable bonds is 7. The topological polar surface area (TPSA) is 52.8 Å². The van der Waals surface area contributed by atoms with Gasteiger partial charge in [-0.1, -0.05) is 55.5 Å². The van der Waals surface area contributed by atoms with E-state index in [1.165, 1.54) is 0 Å². The second kappa shape index (κ2) is 9.71. The summed E-state index contributed by atoms with van der Waals surface area (Å²) in [6.07, 6.45) is 4.80. The Morgan fingerprint density at radius 1 is 0.706 bits per heavy atom. The molecule has 2 heterocycles. The van der Waals surface area contributed by atoms with Gasteiger partial charge in [-0.15, -0.1) is 10.2 Å². The highest BCUT2D eigenvalue weighted by molar-refractivity contribution is 5.69. The molecule has 1 unspecified atom stereocenters. The minimum Gasteiger partial charge on any atom is -0.491 e. The van der Waals surface area contributed by atoms with Gasteiger partial charge in [-0.05, 0) is 66.9 Å². The Morgan fingerprint density at radius 2 is 1.32 bits per heavy atom. The number of aromatic nitrogens is 4. The lowest BCUT2D eigenvalue weighted by atomic mass is 10.1. The van der Waals surface area contributed by atoms with Gasteiger partial charge in [0.2, 0.25) is 0 Å². The number of hydrogen-bond acceptors (Lipinski definition) is 4. The third kappa shape index (κ3) is 4.46. The van der Waals surface area contributed by atoms with E-state index >= 15 is 0 Å². The average Bonchev–Trinajstić information content (AvgIpc) is 3.35. The van der Waals surface area contributed by atoms with Gasteiger partial charge in [-0.3, -0.25) is 9.55 Å². The number of hydrogen-bond donors (Lipinski definition) is 0. The quantitative estimate of drug-likeness (QED) is 0.275. The number of benzene rings is 3. The molecule has 0 radical (unpaired) electrons. The zero-order chi connectivity index (χ0) is 23.3. The lowest BCUT2D eigenvalue weighted by Crippen LogP contribution is -2.09. The SMILES string of the molecule is CCC(C)Oc1ccc(-c2nnc(-c3ccccc3)n2-c2ccc(-c3cccnc3)cc2)cc1. The first-order chi connectivity index (χ1) is 16.7. The predicted molar refractivity (Wildman–Crippen MR) is 136 cm³/mol. The monoisotopic (exact) mass is 446 g/mol. The van der Waals surface area contributed by atoms with Crippen molar-refractivity contribution in [2.45, 2.75) is 26.4 Å². The van der Waals surface area contributed by atoms with Crippen molar-refractivity contribution in [3.8, 4) is 45.3 Å². The fourth-order valence-corrected chi connectivity index (χ4v) is 3.82. The lowest BCUT2D eigenvalue weighted by Gasteiger charge is -2.14. The Kier molecular flexibility index (Phi) is 6.17. The van der Waals surface area contributed by atoms with Crippen LogP contribution in [0.25, 0.3) is 39.6 Å². The van der Waals surface area contributed by atoms with Gasteiger partial charge in [0.05, 0.1) is 6.10 Å². The van der Waals surface area contributed by atoms with E-state index in [0.717, 1.165) is 51.8 Å². The Labute approximate surface area is 199 Å². The molecule has 0 saturated heterocycles. The van der Waals surface area contributed by atoms with E-state index in [1.54, 1.807) is 6.20 Å². The van der Waals surface area contributed by atoms with E-state index < -0.39 is 0 Å². The minimum atomic E-state index is 0.178. The summed E-state index contributed by atoms with van der Waals surface area (Å²) in [7, 11) is 0. The van der Waals surface area contributed by atoms with Gasteiger partial charge in [0.1, 0.15) is 5.75 Å². The predicted octanol–water partition coefficient (Wildman–Crippen LogP) is 6.84. The Bertz CT molecular complexity index is 1350. The second-order valence-corrected chi connectivity index (χ2v) is 8.20. The summed E-state index contributed by atoms with van der Waals surface area (Å²) in [5.41, 5.74) is 5.17. The molecule has 5 heteroatoms. The van der Waals surface area contributed by atoms with E-state index in [2.05, 4.69) is 76.1 Å². The highest BCUT2D eigenvalue weighted by atomic mass is 16.5. The fourth-order valence-electron chi connectivity index (χ4n) is 3.82. The molecule has 0 aliphatic rings. The van der Waals surface area contributed by atoms with Gasteiger partial charge < -0.3 is 4.74 Å². The highest BCUT2D eigenvalue weighted by Crippen LogP contribution is 2.30. The molecule has 0 spiro atoms. The van der Waals surface area contributed by atoms with Gasteiger partial charge >= 0.3 is 0 Å². The van der Waals surface area contributed by atoms with Crippen molar-refractivity contribution in [3.05, 3.63) is 103 Å². The van der Waals surface area contributed by atoms with E-state index in [-0.39, 0.29) is 6.10 Å². The van der Waals surface area contributed by atoms with Crippen molar-refractivity contribution in [1.29, 1.82) is 0 Å². The first-order valence-electron chi connectivity index (χ1n) is 11.5. The fraction of sp³-hybridized carbons (Fsp3) is 0.138. The largest absolute Gasteiger partial charge is 0.491 e. The van der Waals surface area contributed by atoms with E-state index in [9.17, 15) is 0 Å². The molecule has 2 aromatic heterocycles. The van der Waals surface area contributed by atoms with Gasteiger partial charge in [-0.25, -0.2) is 0 Å². The molecule has 3 aromatic carbocycles. The molecule has 5 rings (SSSR count). The molecule has 34 heavy (non-hydrogen) atoms. The van der Waals surface area contributed by atoms with Gasteiger partial charge in [0, 0.05) is 29.2 Å². The van der Waals surface area contributed by atoms with Crippen LogP contribution in [-0.4, -0.2) is 25.9 Å². The molecule has 0 N–H and O–H groups in total. The molecule has 0 amide bonds. The molecule has 0 bridgehead atoms. The molecule has 0 fully saturated rings. The van der Waals surface area contributed by atoms with Crippen LogP contribution in [0.3, 0.4) is 0 Å². The van der Waals surface area contributed by atoms with Gasteiger partial charge in [-0.2, -0.15) is 0 Å². The van der Waals surface area contributed by atoms with Crippen LogP contribution in [-0.2, 0) is 0 Å². The first-order valence-corrected chi connectivity index (χ1v) is 11.5. The van der Waals surface area contributed by atoms with Crippen molar-refractivity contribution < 1.29 is 4.74 Å². The van der Waals surface area contributed by atoms with Crippen LogP contribution in [0.1, 0.15) is 20.3 Å². The molecule has 1 atom stereocenters. The summed E-state index contributed by atoms with van der Waals surface area (Å²) >= 11 is 0. The second-order valence-electron chi connectivity index (χ2n) is 8.20. The van der Waals surface area contributed by atoms with Crippen molar-refractivity contribution in [3.63, 3.8) is 0 Å². The summed E-state index contributed by atoms with van der Waals surface area (Å²) in [4.78, 5) is 4.24. The van der Waals surface area contributed by atoms with Crippen LogP contribution in [0.15, 0.2) is 103 Å². The Morgan fingerprint density at radius 3 is 1.94 bits per heavy atom. The maximum atomic E-state index is 5.95. The van der Waals surface area contributed by atoms with Crippen LogP contribution in [0.5, 0.6) is 5.75 Å². The smallest absolute Gasteiger partial charge is 0.168 e. The van der Waals surface area contributed by atoms with Crippen LogP contribution >= 0.6 is 0 Å². The van der Waals surface area contributed by atoms with E-state index in [1.807, 2.05) is 54.7 Å². The maximum absolute atomic E-state index is 5.95. The van der Waals surface area contributed by atoms with Crippen molar-refractivity contribution in [2.24, 2.45) is 0 Å².